The van der Waals surface area contributed by atoms with E-state index in [-0.39, 0.29) is 6.54 Å². The topological polar surface area (TPSA) is 67.0 Å². The number of nitrogens with zero attached hydrogens (tertiary/aromatic N) is 2. The van der Waals surface area contributed by atoms with Crippen molar-refractivity contribution in [2.75, 3.05) is 46.4 Å². The molecule has 1 fully saturated rings. The highest BCUT2D eigenvalue weighted by molar-refractivity contribution is 5.87. The monoisotopic (exact) mass is 545 g/mol. The summed E-state index contributed by atoms with van der Waals surface area (Å²) in [4.78, 5) is 19.9. The first-order valence-corrected chi connectivity index (χ1v) is 13.2. The molecule has 1 aromatic heterocycles. The minimum atomic E-state index is -5.04. The van der Waals surface area contributed by atoms with Crippen molar-refractivity contribution in [3.05, 3.63) is 59.8 Å². The van der Waals surface area contributed by atoms with Crippen molar-refractivity contribution in [3.8, 4) is 11.5 Å². The highest BCUT2D eigenvalue weighted by Gasteiger charge is 2.51. The lowest BCUT2D eigenvalue weighted by molar-refractivity contribution is -0.213. The van der Waals surface area contributed by atoms with Gasteiger partial charge in [0.1, 0.15) is 23.7 Å². The van der Waals surface area contributed by atoms with E-state index in [9.17, 15) is 18.0 Å². The predicted octanol–water partition coefficient (Wildman–Crippen LogP) is 4.90. The van der Waals surface area contributed by atoms with E-state index in [4.69, 9.17) is 14.2 Å². The van der Waals surface area contributed by atoms with E-state index < -0.39 is 23.3 Å². The molecule has 1 unspecified atom stereocenters. The minimum Gasteiger partial charge on any atom is -0.497 e. The number of alkyl halides is 3. The number of aromatic amines is 1. The van der Waals surface area contributed by atoms with Crippen LogP contribution < -0.4 is 9.47 Å². The molecule has 3 heterocycles. The van der Waals surface area contributed by atoms with Crippen molar-refractivity contribution < 1.29 is 32.2 Å². The van der Waals surface area contributed by atoms with Gasteiger partial charge in [-0.05, 0) is 62.6 Å². The molecule has 1 N–H and O–H groups in total. The molecule has 0 saturated carbocycles. The molecule has 5 rings (SSSR count). The Labute approximate surface area is 225 Å². The maximum absolute atomic E-state index is 13.0. The van der Waals surface area contributed by atoms with Gasteiger partial charge in [0.2, 0.25) is 0 Å². The van der Waals surface area contributed by atoms with E-state index in [1.54, 1.807) is 7.11 Å². The molecular weight excluding hydrogens is 511 g/mol. The Bertz CT molecular complexity index is 1320. The summed E-state index contributed by atoms with van der Waals surface area (Å²) in [5.74, 6) is -0.582. The number of rotatable bonds is 8. The standard InChI is InChI=1S/C29H34F3N3O4/c1-27(2,39-26(36)29(30,31)32)18-35-13-11-22-23-17-21(37-3)9-10-24(23)33-25(22)28(35)12-14-34(19-28)15-16-38-20-7-5-4-6-8-20/h4-10,17,33H,11-16,18-19H2,1-3H3. The quantitative estimate of drug-likeness (QED) is 0.407. The van der Waals surface area contributed by atoms with E-state index in [0.29, 0.717) is 32.7 Å². The summed E-state index contributed by atoms with van der Waals surface area (Å²) in [5.41, 5.74) is 1.45. The molecular formula is C29H34F3N3O4. The smallest absolute Gasteiger partial charge is 0.490 e. The highest BCUT2D eigenvalue weighted by atomic mass is 19.4. The van der Waals surface area contributed by atoms with E-state index in [2.05, 4.69) is 14.8 Å². The van der Waals surface area contributed by atoms with Gasteiger partial charge in [0.15, 0.2) is 0 Å². The summed E-state index contributed by atoms with van der Waals surface area (Å²) in [5, 5.41) is 1.09. The van der Waals surface area contributed by atoms with Crippen molar-refractivity contribution in [3.63, 3.8) is 0 Å². The molecule has 3 aromatic rings. The van der Waals surface area contributed by atoms with Crippen LogP contribution in [-0.4, -0.2) is 79.0 Å². The third-order valence-electron chi connectivity index (χ3n) is 7.73. The van der Waals surface area contributed by atoms with Gasteiger partial charge >= 0.3 is 12.1 Å². The van der Waals surface area contributed by atoms with Gasteiger partial charge in [-0.3, -0.25) is 9.80 Å². The Balaban J connectivity index is 1.42. The maximum atomic E-state index is 13.0. The van der Waals surface area contributed by atoms with Crippen LogP contribution >= 0.6 is 0 Å². The van der Waals surface area contributed by atoms with Gasteiger partial charge in [-0.25, -0.2) is 4.79 Å². The van der Waals surface area contributed by atoms with Crippen LogP contribution in [0.5, 0.6) is 11.5 Å². The van der Waals surface area contributed by atoms with Crippen molar-refractivity contribution in [2.45, 2.75) is 44.0 Å². The number of esters is 1. The van der Waals surface area contributed by atoms with Crippen molar-refractivity contribution in [1.29, 1.82) is 0 Å². The van der Waals surface area contributed by atoms with E-state index in [1.165, 1.54) is 19.4 Å². The van der Waals surface area contributed by atoms with Crippen LogP contribution in [0.15, 0.2) is 48.5 Å². The van der Waals surface area contributed by atoms with Crippen LogP contribution in [0.3, 0.4) is 0 Å². The largest absolute Gasteiger partial charge is 0.497 e. The molecule has 0 aliphatic carbocycles. The molecule has 210 valence electrons. The third-order valence-corrected chi connectivity index (χ3v) is 7.73. The van der Waals surface area contributed by atoms with Gasteiger partial charge in [0, 0.05) is 49.3 Å². The predicted molar refractivity (Wildman–Crippen MR) is 141 cm³/mol. The summed E-state index contributed by atoms with van der Waals surface area (Å²) < 4.78 is 55.4. The lowest BCUT2D eigenvalue weighted by Gasteiger charge is -2.47. The number of aromatic nitrogens is 1. The normalized spacial score (nSPS) is 20.4. The number of nitrogens with one attached hydrogen (secondary N) is 1. The van der Waals surface area contributed by atoms with E-state index >= 15 is 0 Å². The Hall–Kier alpha value is -3.24. The first-order valence-electron chi connectivity index (χ1n) is 13.2. The number of para-hydroxylation sites is 1. The Morgan fingerprint density at radius 3 is 2.56 bits per heavy atom. The number of carbonyl (C=O) groups is 1. The van der Waals surface area contributed by atoms with Gasteiger partial charge < -0.3 is 19.2 Å². The van der Waals surface area contributed by atoms with Crippen LogP contribution in [0.2, 0.25) is 0 Å². The van der Waals surface area contributed by atoms with Crippen molar-refractivity contribution in [2.24, 2.45) is 0 Å². The van der Waals surface area contributed by atoms with Crippen LogP contribution in [0.1, 0.15) is 31.5 Å². The SMILES string of the molecule is COc1ccc2[nH]c3c(c2c1)CCN(CC(C)(C)OC(=O)C(F)(F)F)C31CCN(CCOc2ccccc2)C1. The Morgan fingerprint density at radius 2 is 1.85 bits per heavy atom. The molecule has 0 amide bonds. The Kier molecular flexibility index (Phi) is 7.28. The van der Waals surface area contributed by atoms with Crippen LogP contribution in [0, 0.1) is 0 Å². The number of hydrogen-bond acceptors (Lipinski definition) is 6. The van der Waals surface area contributed by atoms with Gasteiger partial charge in [-0.15, -0.1) is 0 Å². The summed E-state index contributed by atoms with van der Waals surface area (Å²) in [6, 6.07) is 15.6. The molecule has 0 bridgehead atoms. The lowest BCUT2D eigenvalue weighted by atomic mass is 9.83. The molecule has 1 saturated heterocycles. The van der Waals surface area contributed by atoms with Gasteiger partial charge in [-0.1, -0.05) is 18.2 Å². The molecule has 1 atom stereocenters. The number of methoxy groups -OCH3 is 1. The second-order valence-electron chi connectivity index (χ2n) is 10.9. The number of likely N-dealkylation sites (tertiary alicyclic amines) is 1. The van der Waals surface area contributed by atoms with Crippen LogP contribution in [-0.2, 0) is 21.5 Å². The average Bonchev–Trinajstić information content (AvgIpc) is 3.48. The zero-order valence-electron chi connectivity index (χ0n) is 22.4. The molecule has 2 aliphatic heterocycles. The molecule has 7 nitrogen and oxygen atoms in total. The number of carbonyl (C=O) groups excluding carboxylic acids is 1. The number of halogens is 3. The lowest BCUT2D eigenvalue weighted by Crippen LogP contribution is -2.57. The number of ether oxygens (including phenoxy) is 3. The number of fused-ring (bicyclic) bond motifs is 4. The zero-order valence-corrected chi connectivity index (χ0v) is 22.4. The highest BCUT2D eigenvalue weighted by Crippen LogP contribution is 2.46. The maximum Gasteiger partial charge on any atom is 0.490 e. The molecule has 2 aromatic carbocycles. The fourth-order valence-corrected chi connectivity index (χ4v) is 5.99. The third kappa shape index (κ3) is 5.58. The zero-order chi connectivity index (χ0) is 27.8. The van der Waals surface area contributed by atoms with Crippen molar-refractivity contribution in [1.82, 2.24) is 14.8 Å². The first kappa shape index (κ1) is 27.3. The van der Waals surface area contributed by atoms with Gasteiger partial charge in [0.25, 0.3) is 0 Å². The second-order valence-corrected chi connectivity index (χ2v) is 10.9. The summed E-state index contributed by atoms with van der Waals surface area (Å²) >= 11 is 0. The van der Waals surface area contributed by atoms with Gasteiger partial charge in [0.05, 0.1) is 12.6 Å². The average molecular weight is 546 g/mol. The van der Waals surface area contributed by atoms with Crippen LogP contribution in [0.25, 0.3) is 10.9 Å². The molecule has 1 spiro atoms. The second kappa shape index (κ2) is 10.4. The molecule has 0 radical (unpaired) electrons. The number of benzene rings is 2. The van der Waals surface area contributed by atoms with E-state index in [1.807, 2.05) is 48.5 Å². The summed E-state index contributed by atoms with van der Waals surface area (Å²) in [6.07, 6.45) is -3.55. The number of hydrogen-bond donors (Lipinski definition) is 1. The van der Waals surface area contributed by atoms with Crippen molar-refractivity contribution >= 4 is 16.9 Å². The summed E-state index contributed by atoms with van der Waals surface area (Å²) in [7, 11) is 1.64. The fourth-order valence-electron chi connectivity index (χ4n) is 5.99. The van der Waals surface area contributed by atoms with E-state index in [0.717, 1.165) is 41.1 Å². The van der Waals surface area contributed by atoms with Crippen LogP contribution in [0.4, 0.5) is 13.2 Å². The number of H-pyrrole nitrogens is 1. The first-order chi connectivity index (χ1) is 18.5. The molecule has 2 aliphatic rings. The summed E-state index contributed by atoms with van der Waals surface area (Å²) in [6.45, 7) is 6.57. The van der Waals surface area contributed by atoms with Gasteiger partial charge in [-0.2, -0.15) is 13.2 Å². The molecule has 39 heavy (non-hydrogen) atoms. The molecule has 10 heteroatoms. The fraction of sp³-hybridized carbons (Fsp3) is 0.483. The minimum absolute atomic E-state index is 0.168. The Morgan fingerprint density at radius 1 is 1.08 bits per heavy atom.